The predicted octanol–water partition coefficient (Wildman–Crippen LogP) is 2.14. The molecule has 1 aliphatic heterocycles. The lowest BCUT2D eigenvalue weighted by Gasteiger charge is -2.24. The zero-order chi connectivity index (χ0) is 19.9. The molecular weight excluding hydrogens is 378 g/mol. The first-order valence-corrected chi connectivity index (χ1v) is 10.1. The number of carbonyl (C=O) groups excluding carboxylic acids is 3. The molecule has 1 fully saturated rings. The second kappa shape index (κ2) is 9.36. The van der Waals surface area contributed by atoms with Gasteiger partial charge in [0.05, 0.1) is 13.0 Å². The van der Waals surface area contributed by atoms with Crippen molar-refractivity contribution < 1.29 is 19.1 Å². The molecule has 28 heavy (non-hydrogen) atoms. The van der Waals surface area contributed by atoms with Gasteiger partial charge in [0, 0.05) is 17.0 Å². The predicted molar refractivity (Wildman–Crippen MR) is 106 cm³/mol. The zero-order valence-electron chi connectivity index (χ0n) is 15.6. The lowest BCUT2D eigenvalue weighted by atomic mass is 10.2. The minimum atomic E-state index is -0.562. The number of amides is 3. The van der Waals surface area contributed by atoms with Crippen LogP contribution in [0, 0.1) is 0 Å². The van der Waals surface area contributed by atoms with Gasteiger partial charge in [-0.15, -0.1) is 11.3 Å². The summed E-state index contributed by atoms with van der Waals surface area (Å²) in [6.07, 6.45) is 1.64. The van der Waals surface area contributed by atoms with Gasteiger partial charge in [-0.25, -0.2) is 0 Å². The molecule has 2 N–H and O–H groups in total. The third-order valence-corrected chi connectivity index (χ3v) is 5.38. The van der Waals surface area contributed by atoms with Gasteiger partial charge in [-0.1, -0.05) is 6.07 Å². The summed E-state index contributed by atoms with van der Waals surface area (Å²) in [6.45, 7) is 2.98. The molecule has 8 heteroatoms. The Morgan fingerprint density at radius 3 is 2.64 bits per heavy atom. The van der Waals surface area contributed by atoms with Crippen molar-refractivity contribution in [2.45, 2.75) is 32.2 Å². The van der Waals surface area contributed by atoms with Crippen LogP contribution in [0.4, 0.5) is 0 Å². The molecule has 2 heterocycles. The van der Waals surface area contributed by atoms with Crippen LogP contribution in [0.5, 0.6) is 5.75 Å². The van der Waals surface area contributed by atoms with Gasteiger partial charge in [0.2, 0.25) is 5.91 Å². The first-order valence-electron chi connectivity index (χ1n) is 9.23. The van der Waals surface area contributed by atoms with Crippen LogP contribution in [0.15, 0.2) is 41.8 Å². The molecule has 0 bridgehead atoms. The maximum atomic E-state index is 12.5. The molecule has 3 amide bonds. The molecule has 1 aromatic heterocycles. The average Bonchev–Trinajstić information content (AvgIpc) is 3.38. The molecule has 0 spiro atoms. The number of carbonyl (C=O) groups is 3. The molecule has 0 aliphatic carbocycles. The summed E-state index contributed by atoms with van der Waals surface area (Å²) in [5, 5.41) is 1.92. The van der Waals surface area contributed by atoms with E-state index in [0.29, 0.717) is 37.3 Å². The van der Waals surface area contributed by atoms with Crippen LogP contribution in [0.25, 0.3) is 0 Å². The Bertz CT molecular complexity index is 820. The van der Waals surface area contributed by atoms with E-state index in [1.54, 1.807) is 29.2 Å². The summed E-state index contributed by atoms with van der Waals surface area (Å²) in [6, 6.07) is 9.89. The largest absolute Gasteiger partial charge is 0.494 e. The first-order chi connectivity index (χ1) is 13.6. The van der Waals surface area contributed by atoms with Crippen molar-refractivity contribution in [2.75, 3.05) is 13.2 Å². The number of rotatable bonds is 6. The highest BCUT2D eigenvalue weighted by atomic mass is 32.1. The van der Waals surface area contributed by atoms with E-state index in [-0.39, 0.29) is 11.8 Å². The summed E-state index contributed by atoms with van der Waals surface area (Å²) in [5.74, 6) is -0.200. The van der Waals surface area contributed by atoms with Crippen LogP contribution in [0.1, 0.15) is 35.0 Å². The topological polar surface area (TPSA) is 87.7 Å². The summed E-state index contributed by atoms with van der Waals surface area (Å²) in [4.78, 5) is 39.8. The van der Waals surface area contributed by atoms with E-state index in [1.165, 1.54) is 11.3 Å². The highest BCUT2D eigenvalue weighted by Crippen LogP contribution is 2.20. The van der Waals surface area contributed by atoms with E-state index in [1.807, 2.05) is 24.4 Å². The number of nitrogens with one attached hydrogen (secondary N) is 2. The van der Waals surface area contributed by atoms with Gasteiger partial charge in [-0.05, 0) is 55.5 Å². The fourth-order valence-corrected chi connectivity index (χ4v) is 3.84. The van der Waals surface area contributed by atoms with E-state index >= 15 is 0 Å². The fourth-order valence-electron chi connectivity index (χ4n) is 3.14. The summed E-state index contributed by atoms with van der Waals surface area (Å²) < 4.78 is 5.34. The summed E-state index contributed by atoms with van der Waals surface area (Å²) >= 11 is 1.52. The van der Waals surface area contributed by atoms with Crippen LogP contribution in [0.2, 0.25) is 0 Å². The van der Waals surface area contributed by atoms with Crippen molar-refractivity contribution >= 4 is 29.1 Å². The molecule has 1 saturated heterocycles. The van der Waals surface area contributed by atoms with Crippen LogP contribution in [-0.2, 0) is 16.0 Å². The zero-order valence-corrected chi connectivity index (χ0v) is 16.5. The van der Waals surface area contributed by atoms with Crippen LogP contribution >= 0.6 is 11.3 Å². The number of nitrogens with zero attached hydrogens (tertiary/aromatic N) is 1. The van der Waals surface area contributed by atoms with Crippen LogP contribution in [-0.4, -0.2) is 41.8 Å². The molecule has 3 rings (SSSR count). The van der Waals surface area contributed by atoms with Crippen molar-refractivity contribution in [3.8, 4) is 5.75 Å². The molecular formula is C20H23N3O4S. The molecule has 1 aromatic carbocycles. The highest BCUT2D eigenvalue weighted by Gasteiger charge is 2.34. The molecule has 0 radical (unpaired) electrons. The molecule has 1 unspecified atom stereocenters. The summed E-state index contributed by atoms with van der Waals surface area (Å²) in [7, 11) is 0. The van der Waals surface area contributed by atoms with Crippen LogP contribution in [0.3, 0.4) is 0 Å². The van der Waals surface area contributed by atoms with E-state index in [9.17, 15) is 14.4 Å². The number of hydrogen-bond acceptors (Lipinski definition) is 5. The van der Waals surface area contributed by atoms with E-state index in [2.05, 4.69) is 10.9 Å². The van der Waals surface area contributed by atoms with Gasteiger partial charge >= 0.3 is 0 Å². The SMILES string of the molecule is CCOc1ccc(C(=O)NNC(=O)C2CCCN2C(=O)Cc2cccs2)cc1. The number of ether oxygens (including phenoxy) is 1. The number of hydrazine groups is 1. The third-order valence-electron chi connectivity index (χ3n) is 4.51. The van der Waals surface area contributed by atoms with Crippen molar-refractivity contribution in [3.63, 3.8) is 0 Å². The summed E-state index contributed by atoms with van der Waals surface area (Å²) in [5.41, 5.74) is 5.27. The minimum absolute atomic E-state index is 0.0714. The number of hydrogen-bond donors (Lipinski definition) is 2. The van der Waals surface area contributed by atoms with Gasteiger partial charge < -0.3 is 9.64 Å². The van der Waals surface area contributed by atoms with E-state index in [4.69, 9.17) is 4.74 Å². The van der Waals surface area contributed by atoms with Crippen LogP contribution < -0.4 is 15.6 Å². The molecule has 2 aromatic rings. The Morgan fingerprint density at radius 1 is 1.18 bits per heavy atom. The van der Waals surface area contributed by atoms with Crippen molar-refractivity contribution in [1.29, 1.82) is 0 Å². The monoisotopic (exact) mass is 401 g/mol. The number of likely N-dealkylation sites (tertiary alicyclic amines) is 1. The highest BCUT2D eigenvalue weighted by molar-refractivity contribution is 7.10. The van der Waals surface area contributed by atoms with Gasteiger partial charge in [0.15, 0.2) is 0 Å². The van der Waals surface area contributed by atoms with Gasteiger partial charge in [-0.2, -0.15) is 0 Å². The maximum absolute atomic E-state index is 12.5. The standard InChI is InChI=1S/C20H23N3O4S/c1-2-27-15-9-7-14(8-10-15)19(25)21-22-20(26)17-6-3-11-23(17)18(24)13-16-5-4-12-28-16/h4-5,7-10,12,17H,2-3,6,11,13H2,1H3,(H,21,25)(H,22,26). The maximum Gasteiger partial charge on any atom is 0.269 e. The molecule has 7 nitrogen and oxygen atoms in total. The first kappa shape index (κ1) is 19.9. The minimum Gasteiger partial charge on any atom is -0.494 e. The fraction of sp³-hybridized carbons (Fsp3) is 0.350. The normalized spacial score (nSPS) is 15.9. The Labute approximate surface area is 167 Å². The molecule has 1 atom stereocenters. The lowest BCUT2D eigenvalue weighted by molar-refractivity contribution is -0.138. The second-order valence-electron chi connectivity index (χ2n) is 6.40. The van der Waals surface area contributed by atoms with Gasteiger partial charge in [-0.3, -0.25) is 25.2 Å². The van der Waals surface area contributed by atoms with Gasteiger partial charge in [0.1, 0.15) is 11.8 Å². The van der Waals surface area contributed by atoms with E-state index in [0.717, 1.165) is 11.3 Å². The lowest BCUT2D eigenvalue weighted by Crippen LogP contribution is -2.51. The Kier molecular flexibility index (Phi) is 6.65. The van der Waals surface area contributed by atoms with Crippen molar-refractivity contribution in [3.05, 3.63) is 52.2 Å². The Morgan fingerprint density at radius 2 is 1.96 bits per heavy atom. The number of benzene rings is 1. The van der Waals surface area contributed by atoms with Gasteiger partial charge in [0.25, 0.3) is 11.8 Å². The Hall–Kier alpha value is -2.87. The molecule has 148 valence electrons. The van der Waals surface area contributed by atoms with Crippen molar-refractivity contribution in [1.82, 2.24) is 15.8 Å². The third kappa shape index (κ3) is 4.89. The Balaban J connectivity index is 1.53. The smallest absolute Gasteiger partial charge is 0.269 e. The van der Waals surface area contributed by atoms with Crippen molar-refractivity contribution in [2.24, 2.45) is 0 Å². The quantitative estimate of drug-likeness (QED) is 0.726. The average molecular weight is 401 g/mol. The number of thiophene rings is 1. The molecule has 0 saturated carbocycles. The second-order valence-corrected chi connectivity index (χ2v) is 7.43. The van der Waals surface area contributed by atoms with E-state index < -0.39 is 11.9 Å². The molecule has 1 aliphatic rings.